The van der Waals surface area contributed by atoms with Crippen LogP contribution in [0, 0.1) is 18.4 Å². The van der Waals surface area contributed by atoms with Crippen molar-refractivity contribution in [3.8, 4) is 11.5 Å². The zero-order chi connectivity index (χ0) is 24.1. The van der Waals surface area contributed by atoms with Crippen molar-refractivity contribution in [2.75, 3.05) is 0 Å². The summed E-state index contributed by atoms with van der Waals surface area (Å²) in [5.74, 6) is 3.70. The Bertz CT molecular complexity index is 1020. The van der Waals surface area contributed by atoms with E-state index in [1.165, 1.54) is 16.3 Å². The monoisotopic (exact) mass is 448 g/mol. The molecule has 0 atom stereocenters. The highest BCUT2D eigenvalue weighted by Gasteiger charge is 2.52. The van der Waals surface area contributed by atoms with Gasteiger partial charge in [-0.05, 0) is 73.5 Å². The Kier molecular flexibility index (Phi) is 6.80. The number of benzene rings is 2. The molecule has 0 aliphatic carbocycles. The van der Waals surface area contributed by atoms with Crippen LogP contribution in [0.25, 0.3) is 10.8 Å². The van der Waals surface area contributed by atoms with Crippen molar-refractivity contribution >= 4 is 31.4 Å². The molecular weight excluding hydrogens is 407 g/mol. The third-order valence-electron chi connectivity index (χ3n) is 7.94. The fourth-order valence-electron chi connectivity index (χ4n) is 5.49. The van der Waals surface area contributed by atoms with Crippen LogP contribution in [-0.2, 0) is 9.31 Å². The van der Waals surface area contributed by atoms with Gasteiger partial charge < -0.3 is 9.31 Å². The lowest BCUT2D eigenvalue weighted by atomic mass is 9.74. The Morgan fingerprint density at radius 2 is 1.38 bits per heavy atom. The number of rotatable bonds is 4. The van der Waals surface area contributed by atoms with E-state index in [1.54, 1.807) is 0 Å². The van der Waals surface area contributed by atoms with Gasteiger partial charge in [0, 0.05) is 5.56 Å². The standard InChI is InChI=1S/C28H41BO2Si/c1-19(2)32(20(3)4,21(5)6)16-15-23-13-12-14-24-17-22(7)18-25(26(23)24)29-30-27(8,9)28(10,11)31-29/h12-14,17-21H,1-11H3. The van der Waals surface area contributed by atoms with Crippen LogP contribution in [0.5, 0.6) is 0 Å². The topological polar surface area (TPSA) is 18.5 Å². The Hall–Kier alpha value is -1.54. The molecule has 1 aliphatic heterocycles. The molecule has 1 aliphatic rings. The van der Waals surface area contributed by atoms with Gasteiger partial charge in [0.2, 0.25) is 0 Å². The van der Waals surface area contributed by atoms with Crippen LogP contribution in [0.1, 0.15) is 80.4 Å². The second-order valence-electron chi connectivity index (χ2n) is 11.5. The average Bonchev–Trinajstić information content (AvgIpc) is 2.87. The summed E-state index contributed by atoms with van der Waals surface area (Å²) in [6.07, 6.45) is 0. The quantitative estimate of drug-likeness (QED) is 0.370. The van der Waals surface area contributed by atoms with E-state index in [9.17, 15) is 0 Å². The Labute approximate surface area is 197 Å². The van der Waals surface area contributed by atoms with Gasteiger partial charge >= 0.3 is 7.12 Å². The molecule has 2 nitrogen and oxygen atoms in total. The summed E-state index contributed by atoms with van der Waals surface area (Å²) in [6, 6.07) is 10.9. The molecule has 3 rings (SSSR count). The molecule has 0 spiro atoms. The summed E-state index contributed by atoms with van der Waals surface area (Å²) in [4.78, 5) is 0. The minimum atomic E-state index is -1.83. The Balaban J connectivity index is 2.23. The van der Waals surface area contributed by atoms with Gasteiger partial charge in [0.25, 0.3) is 0 Å². The summed E-state index contributed by atoms with van der Waals surface area (Å²) in [5.41, 5.74) is 8.38. The zero-order valence-electron chi connectivity index (χ0n) is 22.0. The van der Waals surface area contributed by atoms with Gasteiger partial charge in [0.15, 0.2) is 0 Å². The van der Waals surface area contributed by atoms with Crippen molar-refractivity contribution in [3.63, 3.8) is 0 Å². The molecule has 0 N–H and O–H groups in total. The first kappa shape index (κ1) is 25.1. The minimum Gasteiger partial charge on any atom is -0.399 e. The van der Waals surface area contributed by atoms with E-state index in [-0.39, 0.29) is 11.2 Å². The van der Waals surface area contributed by atoms with Gasteiger partial charge in [-0.15, -0.1) is 5.54 Å². The van der Waals surface area contributed by atoms with Gasteiger partial charge in [0.1, 0.15) is 8.07 Å². The predicted molar refractivity (Wildman–Crippen MR) is 142 cm³/mol. The number of hydrogen-bond donors (Lipinski definition) is 0. The van der Waals surface area contributed by atoms with Crippen LogP contribution < -0.4 is 5.46 Å². The van der Waals surface area contributed by atoms with Crippen molar-refractivity contribution in [2.45, 2.75) is 104 Å². The first-order valence-corrected chi connectivity index (χ1v) is 14.4. The molecule has 0 bridgehead atoms. The summed E-state index contributed by atoms with van der Waals surface area (Å²) in [7, 11) is -2.22. The summed E-state index contributed by atoms with van der Waals surface area (Å²) < 4.78 is 12.9. The lowest BCUT2D eigenvalue weighted by Gasteiger charge is -2.38. The largest absolute Gasteiger partial charge is 0.495 e. The Morgan fingerprint density at radius 3 is 1.88 bits per heavy atom. The molecule has 4 heteroatoms. The molecular formula is C28H41BO2Si. The summed E-state index contributed by atoms with van der Waals surface area (Å²) >= 11 is 0. The van der Waals surface area contributed by atoms with E-state index in [0.717, 1.165) is 11.0 Å². The molecule has 32 heavy (non-hydrogen) atoms. The summed E-state index contributed by atoms with van der Waals surface area (Å²) in [5, 5.41) is 2.37. The van der Waals surface area contributed by atoms with Crippen LogP contribution >= 0.6 is 0 Å². The van der Waals surface area contributed by atoms with Gasteiger partial charge in [0.05, 0.1) is 11.2 Å². The maximum absolute atomic E-state index is 6.47. The number of fused-ring (bicyclic) bond motifs is 1. The lowest BCUT2D eigenvalue weighted by molar-refractivity contribution is 0.00578. The van der Waals surface area contributed by atoms with Crippen molar-refractivity contribution in [2.24, 2.45) is 0 Å². The lowest BCUT2D eigenvalue weighted by Crippen LogP contribution is -2.43. The third-order valence-corrected chi connectivity index (χ3v) is 14.2. The number of aryl methyl sites for hydroxylation is 1. The fourth-order valence-corrected chi connectivity index (χ4v) is 10.7. The maximum atomic E-state index is 6.47. The molecule has 0 radical (unpaired) electrons. The van der Waals surface area contributed by atoms with Crippen LogP contribution in [0.2, 0.25) is 16.6 Å². The second-order valence-corrected chi connectivity index (χ2v) is 17.1. The molecule has 0 aromatic heterocycles. The van der Waals surface area contributed by atoms with Crippen molar-refractivity contribution in [1.82, 2.24) is 0 Å². The molecule has 1 heterocycles. The van der Waals surface area contributed by atoms with E-state index in [4.69, 9.17) is 9.31 Å². The van der Waals surface area contributed by atoms with E-state index >= 15 is 0 Å². The zero-order valence-corrected chi connectivity index (χ0v) is 23.0. The molecule has 0 amide bonds. The first-order chi connectivity index (χ1) is 14.7. The van der Waals surface area contributed by atoms with E-state index in [1.807, 2.05) is 0 Å². The van der Waals surface area contributed by atoms with Crippen LogP contribution in [0.4, 0.5) is 0 Å². The molecule has 0 unspecified atom stereocenters. The number of hydrogen-bond acceptors (Lipinski definition) is 2. The van der Waals surface area contributed by atoms with Crippen molar-refractivity contribution in [3.05, 3.63) is 41.5 Å². The van der Waals surface area contributed by atoms with Crippen LogP contribution in [0.15, 0.2) is 30.3 Å². The van der Waals surface area contributed by atoms with Gasteiger partial charge in [-0.3, -0.25) is 0 Å². The second kappa shape index (κ2) is 8.67. The highest BCUT2D eigenvalue weighted by Crippen LogP contribution is 2.41. The molecule has 2 aromatic carbocycles. The van der Waals surface area contributed by atoms with Crippen molar-refractivity contribution in [1.29, 1.82) is 0 Å². The molecule has 0 saturated carbocycles. The first-order valence-electron chi connectivity index (χ1n) is 12.1. The van der Waals surface area contributed by atoms with Gasteiger partial charge in [-0.2, -0.15) is 0 Å². The molecule has 1 fully saturated rings. The van der Waals surface area contributed by atoms with E-state index in [0.29, 0.717) is 16.6 Å². The Morgan fingerprint density at radius 1 is 0.844 bits per heavy atom. The minimum absolute atomic E-state index is 0.372. The molecule has 2 aromatic rings. The smallest absolute Gasteiger partial charge is 0.399 e. The summed E-state index contributed by atoms with van der Waals surface area (Å²) in [6.45, 7) is 24.8. The van der Waals surface area contributed by atoms with Gasteiger partial charge in [-0.25, -0.2) is 0 Å². The van der Waals surface area contributed by atoms with Crippen molar-refractivity contribution < 1.29 is 9.31 Å². The molecule has 172 valence electrons. The fraction of sp³-hybridized carbons (Fsp3) is 0.571. The maximum Gasteiger partial charge on any atom is 0.495 e. The van der Waals surface area contributed by atoms with Crippen LogP contribution in [-0.4, -0.2) is 26.4 Å². The van der Waals surface area contributed by atoms with Gasteiger partial charge in [-0.1, -0.05) is 77.3 Å². The third kappa shape index (κ3) is 4.20. The average molecular weight is 449 g/mol. The van der Waals surface area contributed by atoms with Crippen LogP contribution in [0.3, 0.4) is 0 Å². The normalized spacial score (nSPS) is 18.0. The highest BCUT2D eigenvalue weighted by molar-refractivity contribution is 6.90. The SMILES string of the molecule is Cc1cc(B2OC(C)(C)C(C)(C)O2)c2c(C#C[Si](C(C)C)(C(C)C)C(C)C)cccc2c1. The van der Waals surface area contributed by atoms with E-state index < -0.39 is 15.2 Å². The van der Waals surface area contributed by atoms with E-state index in [2.05, 4.69) is 118 Å². The molecule has 1 saturated heterocycles. The predicted octanol–water partition coefficient (Wildman–Crippen LogP) is 7.02. The highest BCUT2D eigenvalue weighted by atomic mass is 28.3.